The molecule has 0 saturated carbocycles. The van der Waals surface area contributed by atoms with Crippen LogP contribution in [0.5, 0.6) is 5.75 Å². The zero-order chi connectivity index (χ0) is 14.4. The van der Waals surface area contributed by atoms with E-state index in [1.165, 1.54) is 25.1 Å². The minimum atomic E-state index is -0.838. The van der Waals surface area contributed by atoms with Gasteiger partial charge in [0.2, 0.25) is 0 Å². The molecule has 0 fully saturated rings. The minimum absolute atomic E-state index is 0.0259. The molecule has 0 bridgehead atoms. The molecule has 4 nitrogen and oxygen atoms in total. The molecule has 2 N–H and O–H groups in total. The van der Waals surface area contributed by atoms with Crippen LogP contribution in [-0.4, -0.2) is 35.6 Å². The van der Waals surface area contributed by atoms with Gasteiger partial charge in [-0.15, -0.1) is 0 Å². The summed E-state index contributed by atoms with van der Waals surface area (Å²) in [5.41, 5.74) is 0.358. The van der Waals surface area contributed by atoms with E-state index in [0.29, 0.717) is 11.3 Å². The average Bonchev–Trinajstić information content (AvgIpc) is 2.34. The fourth-order valence-electron chi connectivity index (χ4n) is 1.51. The molecular weight excluding hydrogens is 251 g/mol. The van der Waals surface area contributed by atoms with Gasteiger partial charge in [0.15, 0.2) is 0 Å². The third-order valence-electron chi connectivity index (χ3n) is 2.48. The molecule has 0 aliphatic rings. The lowest BCUT2D eigenvalue weighted by molar-refractivity contribution is -0.0126. The molecule has 0 radical (unpaired) electrons. The Morgan fingerprint density at radius 1 is 1.16 bits per heavy atom. The van der Waals surface area contributed by atoms with Crippen LogP contribution in [0.2, 0.25) is 0 Å². The van der Waals surface area contributed by atoms with E-state index in [0.717, 1.165) is 0 Å². The van der Waals surface area contributed by atoms with Crippen LogP contribution in [-0.2, 0) is 4.74 Å². The van der Waals surface area contributed by atoms with Crippen molar-refractivity contribution < 1.29 is 24.1 Å². The van der Waals surface area contributed by atoms with Gasteiger partial charge in [0.25, 0.3) is 0 Å². The standard InChI is InChI=1S/C14H21FO4/c1-9(2)18-7-12(17)8-19-14-5-4-11(15)6-13(14)10(3)16/h4-6,9-10,12,16-17H,7-8H2,1-3H3. The fraction of sp³-hybridized carbons (Fsp3) is 0.571. The number of ether oxygens (including phenoxy) is 2. The summed E-state index contributed by atoms with van der Waals surface area (Å²) in [5.74, 6) is -0.0769. The largest absolute Gasteiger partial charge is 0.490 e. The van der Waals surface area contributed by atoms with E-state index in [2.05, 4.69) is 0 Å². The van der Waals surface area contributed by atoms with Crippen molar-refractivity contribution in [2.75, 3.05) is 13.2 Å². The van der Waals surface area contributed by atoms with Crippen LogP contribution in [0.3, 0.4) is 0 Å². The summed E-state index contributed by atoms with van der Waals surface area (Å²) in [6.45, 7) is 5.47. The van der Waals surface area contributed by atoms with Gasteiger partial charge in [-0.25, -0.2) is 4.39 Å². The topological polar surface area (TPSA) is 58.9 Å². The first-order chi connectivity index (χ1) is 8.90. The van der Waals surface area contributed by atoms with Crippen LogP contribution in [0.4, 0.5) is 4.39 Å². The minimum Gasteiger partial charge on any atom is -0.490 e. The van der Waals surface area contributed by atoms with Crippen LogP contribution in [0, 0.1) is 5.82 Å². The molecule has 2 atom stereocenters. The molecular formula is C14H21FO4. The van der Waals surface area contributed by atoms with Crippen molar-refractivity contribution in [1.29, 1.82) is 0 Å². The van der Waals surface area contributed by atoms with E-state index < -0.39 is 18.0 Å². The first-order valence-electron chi connectivity index (χ1n) is 6.30. The van der Waals surface area contributed by atoms with E-state index >= 15 is 0 Å². The lowest BCUT2D eigenvalue weighted by Crippen LogP contribution is -2.25. The molecule has 108 valence electrons. The molecule has 0 aliphatic heterocycles. The first-order valence-corrected chi connectivity index (χ1v) is 6.30. The Kier molecular flexibility index (Phi) is 6.21. The Bertz CT molecular complexity index is 393. The number of aliphatic hydroxyl groups is 2. The molecule has 1 aromatic rings. The summed E-state index contributed by atoms with van der Waals surface area (Å²) in [6.07, 6.45) is -1.57. The van der Waals surface area contributed by atoms with Crippen molar-refractivity contribution in [2.24, 2.45) is 0 Å². The zero-order valence-corrected chi connectivity index (χ0v) is 11.5. The van der Waals surface area contributed by atoms with Crippen molar-refractivity contribution in [1.82, 2.24) is 0 Å². The lowest BCUT2D eigenvalue weighted by Gasteiger charge is -2.17. The Morgan fingerprint density at radius 2 is 1.84 bits per heavy atom. The van der Waals surface area contributed by atoms with Crippen molar-refractivity contribution in [2.45, 2.75) is 39.1 Å². The van der Waals surface area contributed by atoms with Gasteiger partial charge in [-0.1, -0.05) is 0 Å². The highest BCUT2D eigenvalue weighted by molar-refractivity contribution is 5.35. The summed E-state index contributed by atoms with van der Waals surface area (Å²) >= 11 is 0. The highest BCUT2D eigenvalue weighted by atomic mass is 19.1. The Hall–Kier alpha value is -1.17. The highest BCUT2D eigenvalue weighted by Crippen LogP contribution is 2.26. The Balaban J connectivity index is 2.57. The number of benzene rings is 1. The van der Waals surface area contributed by atoms with E-state index in [4.69, 9.17) is 9.47 Å². The molecule has 0 aliphatic carbocycles. The quantitative estimate of drug-likeness (QED) is 0.797. The van der Waals surface area contributed by atoms with Crippen LogP contribution in [0.25, 0.3) is 0 Å². The number of rotatable bonds is 7. The summed E-state index contributed by atoms with van der Waals surface area (Å²) in [4.78, 5) is 0. The van der Waals surface area contributed by atoms with Crippen molar-refractivity contribution in [3.05, 3.63) is 29.6 Å². The number of hydrogen-bond donors (Lipinski definition) is 2. The molecule has 0 saturated heterocycles. The van der Waals surface area contributed by atoms with Crippen LogP contribution in [0.15, 0.2) is 18.2 Å². The van der Waals surface area contributed by atoms with Crippen molar-refractivity contribution >= 4 is 0 Å². The van der Waals surface area contributed by atoms with E-state index in [1.807, 2.05) is 13.8 Å². The molecule has 0 heterocycles. The molecule has 2 unspecified atom stereocenters. The second kappa shape index (κ2) is 7.43. The number of hydrogen-bond acceptors (Lipinski definition) is 4. The number of halogens is 1. The normalized spacial score (nSPS) is 14.5. The first kappa shape index (κ1) is 15.9. The smallest absolute Gasteiger partial charge is 0.125 e. The second-order valence-corrected chi connectivity index (χ2v) is 4.71. The van der Waals surface area contributed by atoms with Crippen molar-refractivity contribution in [3.8, 4) is 5.75 Å². The zero-order valence-electron chi connectivity index (χ0n) is 11.5. The van der Waals surface area contributed by atoms with Gasteiger partial charge in [-0.05, 0) is 39.0 Å². The molecule has 0 aromatic heterocycles. The van der Waals surface area contributed by atoms with Gasteiger partial charge in [0.1, 0.15) is 24.3 Å². The molecule has 0 amide bonds. The van der Waals surface area contributed by atoms with Gasteiger partial charge in [0, 0.05) is 5.56 Å². The maximum absolute atomic E-state index is 13.1. The summed E-state index contributed by atoms with van der Waals surface area (Å²) in [6, 6.07) is 3.91. The maximum Gasteiger partial charge on any atom is 0.125 e. The van der Waals surface area contributed by atoms with Crippen molar-refractivity contribution in [3.63, 3.8) is 0 Å². The molecule has 5 heteroatoms. The monoisotopic (exact) mass is 272 g/mol. The molecule has 0 spiro atoms. The van der Waals surface area contributed by atoms with Gasteiger partial charge < -0.3 is 19.7 Å². The Morgan fingerprint density at radius 3 is 2.42 bits per heavy atom. The molecule has 1 rings (SSSR count). The van der Waals surface area contributed by atoms with Crippen LogP contribution < -0.4 is 4.74 Å². The fourth-order valence-corrected chi connectivity index (χ4v) is 1.51. The highest BCUT2D eigenvalue weighted by Gasteiger charge is 2.13. The predicted octanol–water partition coefficient (Wildman–Crippen LogP) is 2.04. The van der Waals surface area contributed by atoms with E-state index in [1.54, 1.807) is 0 Å². The van der Waals surface area contributed by atoms with Gasteiger partial charge >= 0.3 is 0 Å². The van der Waals surface area contributed by atoms with Gasteiger partial charge in [-0.3, -0.25) is 0 Å². The SMILES string of the molecule is CC(C)OCC(O)COc1ccc(F)cc1C(C)O. The average molecular weight is 272 g/mol. The second-order valence-electron chi connectivity index (χ2n) is 4.71. The summed E-state index contributed by atoms with van der Waals surface area (Å²) in [5, 5.41) is 19.2. The van der Waals surface area contributed by atoms with Gasteiger partial charge in [0.05, 0.1) is 18.8 Å². The summed E-state index contributed by atoms with van der Waals surface area (Å²) in [7, 11) is 0. The predicted molar refractivity (Wildman–Crippen MR) is 69.6 cm³/mol. The maximum atomic E-state index is 13.1. The van der Waals surface area contributed by atoms with E-state index in [-0.39, 0.29) is 19.3 Å². The van der Waals surface area contributed by atoms with E-state index in [9.17, 15) is 14.6 Å². The van der Waals surface area contributed by atoms with Gasteiger partial charge in [-0.2, -0.15) is 0 Å². The molecule has 19 heavy (non-hydrogen) atoms. The lowest BCUT2D eigenvalue weighted by atomic mass is 10.1. The molecule has 1 aromatic carbocycles. The van der Waals surface area contributed by atoms with Crippen LogP contribution in [0.1, 0.15) is 32.4 Å². The third kappa shape index (κ3) is 5.55. The van der Waals surface area contributed by atoms with Crippen LogP contribution >= 0.6 is 0 Å². The Labute approximate surface area is 112 Å². The number of aliphatic hydroxyl groups excluding tert-OH is 2. The summed E-state index contributed by atoms with van der Waals surface area (Å²) < 4.78 is 23.7. The third-order valence-corrected chi connectivity index (χ3v) is 2.48.